The summed E-state index contributed by atoms with van der Waals surface area (Å²) in [6.07, 6.45) is 11.8. The van der Waals surface area contributed by atoms with Crippen LogP contribution >= 0.6 is 0 Å². The molecule has 1 N–H and O–H groups in total. The van der Waals surface area contributed by atoms with Crippen LogP contribution in [-0.4, -0.2) is 45.3 Å². The van der Waals surface area contributed by atoms with Gasteiger partial charge in [0.05, 0.1) is 17.9 Å². The molecule has 0 aliphatic rings. The number of unbranched alkanes of at least 4 members (excludes halogenated alkanes) is 8. The van der Waals surface area contributed by atoms with Gasteiger partial charge in [0.15, 0.2) is 0 Å². The maximum absolute atomic E-state index is 12.7. The van der Waals surface area contributed by atoms with Gasteiger partial charge < -0.3 is 19.7 Å². The Labute approximate surface area is 195 Å². The molecule has 0 saturated heterocycles. The molecule has 1 aromatic carbocycles. The summed E-state index contributed by atoms with van der Waals surface area (Å²) in [7, 11) is 1.68. The van der Waals surface area contributed by atoms with Crippen LogP contribution in [0.4, 0.5) is 11.4 Å². The molecule has 1 rings (SSSR count). The van der Waals surface area contributed by atoms with Crippen LogP contribution in [0, 0.1) is 0 Å². The minimum Gasteiger partial charge on any atom is -0.462 e. The zero-order valence-electron chi connectivity index (χ0n) is 20.7. The van der Waals surface area contributed by atoms with Crippen molar-refractivity contribution in [2.24, 2.45) is 0 Å². The van der Waals surface area contributed by atoms with Gasteiger partial charge in [0.2, 0.25) is 0 Å². The lowest BCUT2D eigenvalue weighted by Crippen LogP contribution is -2.31. The number of hydrogen-bond donors (Lipinski definition) is 1. The lowest BCUT2D eigenvalue weighted by molar-refractivity contribution is -0.122. The highest BCUT2D eigenvalue weighted by molar-refractivity contribution is 6.03. The molecule has 1 aromatic rings. The second kappa shape index (κ2) is 17.5. The van der Waals surface area contributed by atoms with E-state index >= 15 is 0 Å². The Morgan fingerprint density at radius 1 is 0.906 bits per heavy atom. The predicted octanol–water partition coefficient (Wildman–Crippen LogP) is 6.20. The first-order valence-electron chi connectivity index (χ1n) is 12.4. The Hall–Kier alpha value is -2.08. The molecule has 0 atom stereocenters. The fourth-order valence-corrected chi connectivity index (χ4v) is 3.46. The third-order valence-electron chi connectivity index (χ3n) is 5.46. The van der Waals surface area contributed by atoms with E-state index in [1.54, 1.807) is 20.0 Å². The minimum atomic E-state index is -0.426. The van der Waals surface area contributed by atoms with Crippen molar-refractivity contribution in [2.45, 2.75) is 85.0 Å². The van der Waals surface area contributed by atoms with E-state index in [1.165, 1.54) is 49.8 Å². The van der Waals surface area contributed by atoms with Gasteiger partial charge in [-0.15, -0.1) is 0 Å². The molecule has 0 fully saturated rings. The SMILES string of the molecule is CCCCCCCCOCC(=O)N(C)c1cc(NCCCCCC)ccc1C(=O)OCC. The molecule has 0 heterocycles. The van der Waals surface area contributed by atoms with Crippen LogP contribution in [-0.2, 0) is 14.3 Å². The maximum Gasteiger partial charge on any atom is 0.340 e. The van der Waals surface area contributed by atoms with Crippen LogP contribution in [0.25, 0.3) is 0 Å². The minimum absolute atomic E-state index is 0.00238. The van der Waals surface area contributed by atoms with Crippen molar-refractivity contribution in [3.8, 4) is 0 Å². The average Bonchev–Trinajstić information content (AvgIpc) is 2.80. The largest absolute Gasteiger partial charge is 0.462 e. The highest BCUT2D eigenvalue weighted by Gasteiger charge is 2.20. The monoisotopic (exact) mass is 448 g/mol. The zero-order chi connectivity index (χ0) is 23.6. The number of anilines is 2. The molecule has 6 nitrogen and oxygen atoms in total. The van der Waals surface area contributed by atoms with Crippen molar-refractivity contribution in [1.82, 2.24) is 0 Å². The van der Waals surface area contributed by atoms with Crippen molar-refractivity contribution in [1.29, 1.82) is 0 Å². The molecule has 0 aliphatic carbocycles. The summed E-state index contributed by atoms with van der Waals surface area (Å²) in [6.45, 7) is 7.90. The molecule has 0 aromatic heterocycles. The highest BCUT2D eigenvalue weighted by atomic mass is 16.5. The molecule has 6 heteroatoms. The molecular formula is C26H44N2O4. The fourth-order valence-electron chi connectivity index (χ4n) is 3.46. The fraction of sp³-hybridized carbons (Fsp3) is 0.692. The van der Waals surface area contributed by atoms with E-state index in [2.05, 4.69) is 19.2 Å². The van der Waals surface area contributed by atoms with Gasteiger partial charge in [-0.25, -0.2) is 4.79 Å². The van der Waals surface area contributed by atoms with Gasteiger partial charge in [-0.2, -0.15) is 0 Å². The van der Waals surface area contributed by atoms with Crippen molar-refractivity contribution in [3.63, 3.8) is 0 Å². The van der Waals surface area contributed by atoms with E-state index in [9.17, 15) is 9.59 Å². The summed E-state index contributed by atoms with van der Waals surface area (Å²) in [4.78, 5) is 26.6. The quantitative estimate of drug-likeness (QED) is 0.214. The number of nitrogens with one attached hydrogen (secondary N) is 1. The van der Waals surface area contributed by atoms with Crippen molar-refractivity contribution >= 4 is 23.3 Å². The summed E-state index contributed by atoms with van der Waals surface area (Å²) in [5.74, 6) is -0.605. The summed E-state index contributed by atoms with van der Waals surface area (Å²) >= 11 is 0. The van der Waals surface area contributed by atoms with Crippen molar-refractivity contribution in [2.75, 3.05) is 43.6 Å². The van der Waals surface area contributed by atoms with Gasteiger partial charge >= 0.3 is 5.97 Å². The first-order valence-corrected chi connectivity index (χ1v) is 12.4. The second-order valence-electron chi connectivity index (χ2n) is 8.21. The molecule has 0 bridgehead atoms. The lowest BCUT2D eigenvalue weighted by Gasteiger charge is -2.21. The summed E-state index contributed by atoms with van der Waals surface area (Å²) in [6, 6.07) is 5.43. The number of amides is 1. The Morgan fingerprint density at radius 3 is 2.25 bits per heavy atom. The normalized spacial score (nSPS) is 10.8. The number of hydrogen-bond acceptors (Lipinski definition) is 5. The van der Waals surface area contributed by atoms with Crippen LogP contribution in [0.15, 0.2) is 18.2 Å². The number of carbonyl (C=O) groups excluding carboxylic acids is 2. The lowest BCUT2D eigenvalue weighted by atomic mass is 10.1. The number of carbonyl (C=O) groups is 2. The van der Waals surface area contributed by atoms with Gasteiger partial charge in [-0.05, 0) is 38.0 Å². The molecule has 0 spiro atoms. The summed E-state index contributed by atoms with van der Waals surface area (Å²) in [5.41, 5.74) is 1.81. The van der Waals surface area contributed by atoms with Crippen LogP contribution < -0.4 is 10.2 Å². The zero-order valence-corrected chi connectivity index (χ0v) is 20.7. The Bertz CT molecular complexity index is 663. The van der Waals surface area contributed by atoms with Gasteiger partial charge in [0.1, 0.15) is 6.61 Å². The Kier molecular flexibility index (Phi) is 15.3. The van der Waals surface area contributed by atoms with E-state index in [0.717, 1.165) is 31.5 Å². The van der Waals surface area contributed by atoms with Gasteiger partial charge in [0.25, 0.3) is 5.91 Å². The standard InChI is InChI=1S/C26H44N2O4/c1-5-8-10-12-13-15-19-31-21-25(29)28(4)24-20-22(27-18-14-11-9-6-2)16-17-23(24)26(30)32-7-3/h16-17,20,27H,5-15,18-19,21H2,1-4H3. The van der Waals surface area contributed by atoms with Gasteiger partial charge in [-0.3, -0.25) is 4.79 Å². The molecule has 0 saturated carbocycles. The molecular weight excluding hydrogens is 404 g/mol. The third kappa shape index (κ3) is 11.0. The molecule has 32 heavy (non-hydrogen) atoms. The first kappa shape index (κ1) is 28.0. The predicted molar refractivity (Wildman–Crippen MR) is 133 cm³/mol. The molecule has 0 radical (unpaired) electrons. The molecule has 1 amide bonds. The van der Waals surface area contributed by atoms with E-state index in [4.69, 9.17) is 9.47 Å². The number of benzene rings is 1. The van der Waals surface area contributed by atoms with Crippen molar-refractivity contribution < 1.29 is 19.1 Å². The number of esters is 1. The Morgan fingerprint density at radius 2 is 1.56 bits per heavy atom. The van der Waals surface area contributed by atoms with E-state index in [1.807, 2.05) is 12.1 Å². The highest BCUT2D eigenvalue weighted by Crippen LogP contribution is 2.25. The second-order valence-corrected chi connectivity index (χ2v) is 8.21. The first-order chi connectivity index (χ1) is 15.5. The third-order valence-corrected chi connectivity index (χ3v) is 5.46. The smallest absolute Gasteiger partial charge is 0.340 e. The maximum atomic E-state index is 12.7. The van der Waals surface area contributed by atoms with E-state index in [-0.39, 0.29) is 19.1 Å². The van der Waals surface area contributed by atoms with E-state index in [0.29, 0.717) is 17.9 Å². The molecule has 182 valence electrons. The number of likely N-dealkylation sites (N-methyl/N-ethyl adjacent to an activating group) is 1. The summed E-state index contributed by atoms with van der Waals surface area (Å²) < 4.78 is 10.8. The number of nitrogens with zero attached hydrogens (tertiary/aromatic N) is 1. The number of ether oxygens (including phenoxy) is 2. The number of rotatable bonds is 18. The molecule has 0 unspecified atom stereocenters. The average molecular weight is 449 g/mol. The Balaban J connectivity index is 2.67. The summed E-state index contributed by atoms with van der Waals surface area (Å²) in [5, 5.41) is 3.40. The topological polar surface area (TPSA) is 67.9 Å². The van der Waals surface area contributed by atoms with Crippen LogP contribution in [0.1, 0.15) is 95.3 Å². The van der Waals surface area contributed by atoms with E-state index < -0.39 is 5.97 Å². The van der Waals surface area contributed by atoms with Gasteiger partial charge in [-0.1, -0.05) is 65.2 Å². The van der Waals surface area contributed by atoms with Gasteiger partial charge in [0, 0.05) is 25.9 Å². The van der Waals surface area contributed by atoms with Crippen LogP contribution in [0.5, 0.6) is 0 Å². The van der Waals surface area contributed by atoms with Crippen LogP contribution in [0.2, 0.25) is 0 Å². The molecule has 0 aliphatic heterocycles. The van der Waals surface area contributed by atoms with Crippen LogP contribution in [0.3, 0.4) is 0 Å². The van der Waals surface area contributed by atoms with Crippen molar-refractivity contribution in [3.05, 3.63) is 23.8 Å².